The van der Waals surface area contributed by atoms with Crippen LogP contribution < -0.4 is 10.1 Å². The predicted molar refractivity (Wildman–Crippen MR) is 161 cm³/mol. The summed E-state index contributed by atoms with van der Waals surface area (Å²) in [7, 11) is -3.79. The Kier molecular flexibility index (Phi) is 12.5. The van der Waals surface area contributed by atoms with Crippen LogP contribution in [0.1, 0.15) is 37.5 Å². The van der Waals surface area contributed by atoms with Crippen LogP contribution in [0.3, 0.4) is 0 Å². The molecule has 0 aliphatic carbocycles. The molecule has 1 amide bonds. The second-order valence-corrected chi connectivity index (χ2v) is 11.8. The monoisotopic (exact) mass is 598 g/mol. The van der Waals surface area contributed by atoms with Crippen molar-refractivity contribution >= 4 is 34.1 Å². The Bertz CT molecular complexity index is 1380. The summed E-state index contributed by atoms with van der Waals surface area (Å²) < 4.78 is 50.9. The molecule has 0 atom stereocenters. The molecule has 0 bridgehead atoms. The summed E-state index contributed by atoms with van der Waals surface area (Å²) in [5.41, 5.74) is 2.94. The molecule has 1 N–H and O–H groups in total. The molecule has 0 radical (unpaired) electrons. The van der Waals surface area contributed by atoms with E-state index in [4.69, 9.17) is 23.1 Å². The van der Waals surface area contributed by atoms with E-state index in [0.717, 1.165) is 16.7 Å². The fourth-order valence-electron chi connectivity index (χ4n) is 3.37. The molecule has 0 spiro atoms. The first kappa shape index (κ1) is 32.7. The standard InChI is InChI=1S/C31H38N2O8S/c1-24-5-14-28(15-6-24)42(35,36)40-22-20-38-18-17-37-19-21-39-29-16-11-26(23-32-29)8-7-25-9-12-27(13-10-25)33-30(34)41-31(2,3)4/h5-16,23H,17-22H2,1-4H3,(H,33,34)/b8-7+. The second-order valence-electron chi connectivity index (χ2n) is 10.2. The molecule has 0 fully saturated rings. The van der Waals surface area contributed by atoms with Crippen LogP contribution in [0.4, 0.5) is 10.5 Å². The Morgan fingerprint density at radius 3 is 2.02 bits per heavy atom. The number of ether oxygens (including phenoxy) is 4. The Morgan fingerprint density at radius 2 is 1.40 bits per heavy atom. The zero-order valence-corrected chi connectivity index (χ0v) is 25.2. The van der Waals surface area contributed by atoms with Crippen molar-refractivity contribution in [3.05, 3.63) is 83.6 Å². The topological polar surface area (TPSA) is 122 Å². The molecule has 0 saturated heterocycles. The Morgan fingerprint density at radius 1 is 0.810 bits per heavy atom. The summed E-state index contributed by atoms with van der Waals surface area (Å²) in [6.07, 6.45) is 5.09. The van der Waals surface area contributed by atoms with E-state index in [9.17, 15) is 13.2 Å². The number of hydrogen-bond donors (Lipinski definition) is 1. The van der Waals surface area contributed by atoms with Crippen molar-refractivity contribution in [1.82, 2.24) is 4.98 Å². The van der Waals surface area contributed by atoms with Crippen LogP contribution in [-0.4, -0.2) is 64.7 Å². The van der Waals surface area contributed by atoms with Crippen LogP contribution in [0.15, 0.2) is 71.8 Å². The van der Waals surface area contributed by atoms with Gasteiger partial charge in [-0.05, 0) is 69.2 Å². The molecule has 10 nitrogen and oxygen atoms in total. The van der Waals surface area contributed by atoms with Crippen molar-refractivity contribution in [1.29, 1.82) is 0 Å². The highest BCUT2D eigenvalue weighted by molar-refractivity contribution is 7.86. The van der Waals surface area contributed by atoms with Crippen molar-refractivity contribution in [2.24, 2.45) is 0 Å². The maximum atomic E-state index is 12.1. The number of rotatable bonds is 15. The van der Waals surface area contributed by atoms with E-state index in [1.54, 1.807) is 24.4 Å². The maximum absolute atomic E-state index is 12.1. The average molecular weight is 599 g/mol. The number of anilines is 1. The Labute approximate surface area is 247 Å². The molecular formula is C31H38N2O8S. The summed E-state index contributed by atoms with van der Waals surface area (Å²) in [5.74, 6) is 0.483. The van der Waals surface area contributed by atoms with E-state index >= 15 is 0 Å². The van der Waals surface area contributed by atoms with E-state index in [2.05, 4.69) is 10.3 Å². The number of benzene rings is 2. The van der Waals surface area contributed by atoms with Gasteiger partial charge in [-0.3, -0.25) is 9.50 Å². The summed E-state index contributed by atoms with van der Waals surface area (Å²) in [6, 6.07) is 17.5. The smallest absolute Gasteiger partial charge is 0.412 e. The minimum atomic E-state index is -3.79. The fourth-order valence-corrected chi connectivity index (χ4v) is 4.26. The third kappa shape index (κ3) is 12.4. The molecule has 0 aliphatic heterocycles. The minimum Gasteiger partial charge on any atom is -0.475 e. The first-order chi connectivity index (χ1) is 20.0. The van der Waals surface area contributed by atoms with Crippen LogP contribution >= 0.6 is 0 Å². The second kappa shape index (κ2) is 16.0. The molecule has 0 unspecified atom stereocenters. The molecule has 2 aromatic carbocycles. The highest BCUT2D eigenvalue weighted by Gasteiger charge is 2.16. The Balaban J connectivity index is 1.25. The van der Waals surface area contributed by atoms with Crippen LogP contribution in [0.2, 0.25) is 0 Å². The average Bonchev–Trinajstić information content (AvgIpc) is 2.93. The van der Waals surface area contributed by atoms with Gasteiger partial charge in [0.25, 0.3) is 10.1 Å². The number of hydrogen-bond acceptors (Lipinski definition) is 9. The third-order valence-corrected chi connectivity index (χ3v) is 6.74. The maximum Gasteiger partial charge on any atom is 0.412 e. The van der Waals surface area contributed by atoms with Gasteiger partial charge in [0, 0.05) is 18.0 Å². The number of carbonyl (C=O) groups is 1. The summed E-state index contributed by atoms with van der Waals surface area (Å²) >= 11 is 0. The number of aromatic nitrogens is 1. The van der Waals surface area contributed by atoms with E-state index in [1.165, 1.54) is 12.1 Å². The summed E-state index contributed by atoms with van der Waals surface area (Å²) in [4.78, 5) is 16.3. The number of nitrogens with zero attached hydrogens (tertiary/aromatic N) is 1. The lowest BCUT2D eigenvalue weighted by molar-refractivity contribution is 0.0275. The van der Waals surface area contributed by atoms with E-state index in [0.29, 0.717) is 38.0 Å². The highest BCUT2D eigenvalue weighted by Crippen LogP contribution is 2.16. The van der Waals surface area contributed by atoms with Gasteiger partial charge in [-0.1, -0.05) is 42.0 Å². The first-order valence-electron chi connectivity index (χ1n) is 13.5. The fraction of sp³-hybridized carbons (Fsp3) is 0.355. The summed E-state index contributed by atoms with van der Waals surface area (Å²) in [6.45, 7) is 8.69. The van der Waals surface area contributed by atoms with Crippen molar-refractivity contribution in [3.8, 4) is 5.88 Å². The van der Waals surface area contributed by atoms with Gasteiger partial charge in [-0.2, -0.15) is 8.42 Å². The molecule has 42 heavy (non-hydrogen) atoms. The molecular weight excluding hydrogens is 560 g/mol. The number of pyridine rings is 1. The van der Waals surface area contributed by atoms with E-state index in [1.807, 2.05) is 70.2 Å². The molecule has 0 aliphatic rings. The molecule has 11 heteroatoms. The van der Waals surface area contributed by atoms with E-state index < -0.39 is 21.8 Å². The number of carbonyl (C=O) groups excluding carboxylic acids is 1. The largest absolute Gasteiger partial charge is 0.475 e. The first-order valence-corrected chi connectivity index (χ1v) is 14.9. The van der Waals surface area contributed by atoms with Crippen molar-refractivity contribution < 1.29 is 36.3 Å². The molecule has 226 valence electrons. The molecule has 3 aromatic rings. The molecule has 3 rings (SSSR count). The van der Waals surface area contributed by atoms with Crippen LogP contribution in [0.25, 0.3) is 12.2 Å². The zero-order chi connectivity index (χ0) is 30.4. The van der Waals surface area contributed by atoms with Gasteiger partial charge in [0.2, 0.25) is 5.88 Å². The number of nitrogens with one attached hydrogen (secondary N) is 1. The lowest BCUT2D eigenvalue weighted by Gasteiger charge is -2.19. The number of amides is 1. The van der Waals surface area contributed by atoms with Crippen molar-refractivity contribution in [2.75, 3.05) is 45.0 Å². The van der Waals surface area contributed by atoms with Gasteiger partial charge < -0.3 is 18.9 Å². The predicted octanol–water partition coefficient (Wildman–Crippen LogP) is 5.72. The molecule has 1 heterocycles. The molecule has 1 aromatic heterocycles. The normalized spacial score (nSPS) is 11.9. The van der Waals surface area contributed by atoms with Crippen molar-refractivity contribution in [2.45, 2.75) is 38.2 Å². The van der Waals surface area contributed by atoms with Gasteiger partial charge in [-0.25, -0.2) is 9.78 Å². The van der Waals surface area contributed by atoms with Gasteiger partial charge >= 0.3 is 6.09 Å². The van der Waals surface area contributed by atoms with Gasteiger partial charge in [0.15, 0.2) is 0 Å². The van der Waals surface area contributed by atoms with Crippen LogP contribution in [0.5, 0.6) is 5.88 Å². The van der Waals surface area contributed by atoms with Gasteiger partial charge in [0.05, 0.1) is 37.9 Å². The quantitative estimate of drug-likeness (QED) is 0.173. The van der Waals surface area contributed by atoms with Crippen LogP contribution in [0, 0.1) is 6.92 Å². The molecule has 0 saturated carbocycles. The summed E-state index contributed by atoms with van der Waals surface area (Å²) in [5, 5.41) is 2.71. The van der Waals surface area contributed by atoms with Crippen molar-refractivity contribution in [3.63, 3.8) is 0 Å². The van der Waals surface area contributed by atoms with Gasteiger partial charge in [0.1, 0.15) is 12.2 Å². The zero-order valence-electron chi connectivity index (χ0n) is 24.4. The Hall–Kier alpha value is -3.77. The minimum absolute atomic E-state index is 0.0736. The third-order valence-electron chi connectivity index (χ3n) is 5.41. The highest BCUT2D eigenvalue weighted by atomic mass is 32.2. The lowest BCUT2D eigenvalue weighted by atomic mass is 10.1. The van der Waals surface area contributed by atoms with E-state index in [-0.39, 0.29) is 18.1 Å². The lowest BCUT2D eigenvalue weighted by Crippen LogP contribution is -2.27. The van der Waals surface area contributed by atoms with Crippen LogP contribution in [-0.2, 0) is 28.5 Å². The SMILES string of the molecule is Cc1ccc(S(=O)(=O)OCCOCCOCCOc2ccc(/C=C/c3ccc(NC(=O)OC(C)(C)C)cc3)cn2)cc1. The van der Waals surface area contributed by atoms with Gasteiger partial charge in [-0.15, -0.1) is 0 Å². The number of aryl methyl sites for hydroxylation is 1.